The van der Waals surface area contributed by atoms with E-state index in [2.05, 4.69) is 24.5 Å². The van der Waals surface area contributed by atoms with Crippen molar-refractivity contribution in [1.82, 2.24) is 10.6 Å². The van der Waals surface area contributed by atoms with Crippen LogP contribution >= 0.6 is 0 Å². The molecule has 4 nitrogen and oxygen atoms in total. The van der Waals surface area contributed by atoms with Gasteiger partial charge in [0.2, 0.25) is 5.91 Å². The van der Waals surface area contributed by atoms with Crippen LogP contribution in [0, 0.1) is 5.92 Å². The standard InChI is InChI=1S/C13H26N2O2/c1-10(2)14-8-7-13(17)15-12-6-4-3-5-11(12)9-16/h10-12,14,16H,3-9H2,1-2H3,(H,15,17). The van der Waals surface area contributed by atoms with Crippen LogP contribution in [-0.4, -0.2) is 36.2 Å². The topological polar surface area (TPSA) is 61.4 Å². The maximum Gasteiger partial charge on any atom is 0.221 e. The summed E-state index contributed by atoms with van der Waals surface area (Å²) in [6.45, 7) is 5.05. The quantitative estimate of drug-likeness (QED) is 0.652. The SMILES string of the molecule is CC(C)NCCC(=O)NC1CCCCC1CO. The Hall–Kier alpha value is -0.610. The van der Waals surface area contributed by atoms with Gasteiger partial charge in [0, 0.05) is 37.6 Å². The van der Waals surface area contributed by atoms with Crippen molar-refractivity contribution in [1.29, 1.82) is 0 Å². The highest BCUT2D eigenvalue weighted by Gasteiger charge is 2.25. The van der Waals surface area contributed by atoms with Crippen LogP contribution in [0.3, 0.4) is 0 Å². The predicted molar refractivity (Wildman–Crippen MR) is 68.7 cm³/mol. The Morgan fingerprint density at radius 1 is 1.35 bits per heavy atom. The fourth-order valence-corrected chi connectivity index (χ4v) is 2.37. The Morgan fingerprint density at radius 2 is 2.06 bits per heavy atom. The third kappa shape index (κ3) is 5.50. The average molecular weight is 242 g/mol. The van der Waals surface area contributed by atoms with Crippen molar-refractivity contribution in [2.75, 3.05) is 13.2 Å². The van der Waals surface area contributed by atoms with Gasteiger partial charge in [-0.15, -0.1) is 0 Å². The zero-order chi connectivity index (χ0) is 12.7. The number of carbonyl (C=O) groups excluding carboxylic acids is 1. The van der Waals surface area contributed by atoms with Crippen molar-refractivity contribution in [2.45, 2.75) is 58.0 Å². The second kappa shape index (κ2) is 7.67. The van der Waals surface area contributed by atoms with Gasteiger partial charge >= 0.3 is 0 Å². The highest BCUT2D eigenvalue weighted by molar-refractivity contribution is 5.76. The van der Waals surface area contributed by atoms with Crippen molar-refractivity contribution in [3.05, 3.63) is 0 Å². The van der Waals surface area contributed by atoms with Crippen LogP contribution in [0.15, 0.2) is 0 Å². The molecule has 0 heterocycles. The first-order valence-corrected chi connectivity index (χ1v) is 6.77. The van der Waals surface area contributed by atoms with Gasteiger partial charge in [-0.2, -0.15) is 0 Å². The Bertz CT molecular complexity index is 231. The molecule has 1 saturated carbocycles. The van der Waals surface area contributed by atoms with Gasteiger partial charge in [0.15, 0.2) is 0 Å². The van der Waals surface area contributed by atoms with Gasteiger partial charge in [0.05, 0.1) is 0 Å². The highest BCUT2D eigenvalue weighted by Crippen LogP contribution is 2.23. The third-order valence-electron chi connectivity index (χ3n) is 3.39. The molecule has 0 aromatic carbocycles. The van der Waals surface area contributed by atoms with Gasteiger partial charge in [-0.25, -0.2) is 0 Å². The lowest BCUT2D eigenvalue weighted by Crippen LogP contribution is -2.44. The molecule has 0 radical (unpaired) electrons. The maximum absolute atomic E-state index is 11.7. The van der Waals surface area contributed by atoms with Gasteiger partial charge in [-0.05, 0) is 12.8 Å². The minimum atomic E-state index is 0.100. The molecule has 17 heavy (non-hydrogen) atoms. The molecule has 100 valence electrons. The number of nitrogens with one attached hydrogen (secondary N) is 2. The number of carbonyl (C=O) groups is 1. The van der Waals surface area contributed by atoms with Crippen LogP contribution < -0.4 is 10.6 Å². The van der Waals surface area contributed by atoms with E-state index < -0.39 is 0 Å². The summed E-state index contributed by atoms with van der Waals surface area (Å²) < 4.78 is 0. The molecule has 0 saturated heterocycles. The molecule has 0 aromatic rings. The third-order valence-corrected chi connectivity index (χ3v) is 3.39. The number of hydrogen-bond donors (Lipinski definition) is 3. The van der Waals surface area contributed by atoms with Gasteiger partial charge in [-0.3, -0.25) is 4.79 Å². The monoisotopic (exact) mass is 242 g/mol. The summed E-state index contributed by atoms with van der Waals surface area (Å²) in [6, 6.07) is 0.600. The van der Waals surface area contributed by atoms with Gasteiger partial charge in [0.1, 0.15) is 0 Å². The van der Waals surface area contributed by atoms with Crippen LogP contribution in [0.2, 0.25) is 0 Å². The number of rotatable bonds is 6. The predicted octanol–water partition coefficient (Wildman–Crippen LogP) is 1.04. The van der Waals surface area contributed by atoms with Crippen LogP contribution in [0.25, 0.3) is 0 Å². The van der Waals surface area contributed by atoms with E-state index in [0.29, 0.717) is 12.5 Å². The molecule has 1 rings (SSSR count). The summed E-state index contributed by atoms with van der Waals surface area (Å²) in [5.41, 5.74) is 0. The minimum absolute atomic E-state index is 0.100. The molecule has 0 bridgehead atoms. The van der Waals surface area contributed by atoms with Crippen LogP contribution in [0.1, 0.15) is 46.0 Å². The lowest BCUT2D eigenvalue weighted by Gasteiger charge is -2.30. The van der Waals surface area contributed by atoms with E-state index in [-0.39, 0.29) is 24.5 Å². The zero-order valence-corrected chi connectivity index (χ0v) is 11.0. The van der Waals surface area contributed by atoms with Gasteiger partial charge in [-0.1, -0.05) is 26.7 Å². The molecule has 1 amide bonds. The Morgan fingerprint density at radius 3 is 2.71 bits per heavy atom. The number of hydrogen-bond acceptors (Lipinski definition) is 3. The number of aliphatic hydroxyl groups is 1. The van der Waals surface area contributed by atoms with E-state index in [4.69, 9.17) is 0 Å². The van der Waals surface area contributed by atoms with E-state index >= 15 is 0 Å². The van der Waals surface area contributed by atoms with Crippen LogP contribution in [0.5, 0.6) is 0 Å². The zero-order valence-electron chi connectivity index (χ0n) is 11.0. The van der Waals surface area contributed by atoms with Crippen molar-refractivity contribution in [3.63, 3.8) is 0 Å². The smallest absolute Gasteiger partial charge is 0.221 e. The Kier molecular flexibility index (Phi) is 6.52. The molecule has 0 aliphatic heterocycles. The van der Waals surface area contributed by atoms with E-state index in [1.807, 2.05) is 0 Å². The number of aliphatic hydroxyl groups excluding tert-OH is 1. The van der Waals surface area contributed by atoms with Crippen LogP contribution in [0.4, 0.5) is 0 Å². The van der Waals surface area contributed by atoms with Crippen molar-refractivity contribution in [3.8, 4) is 0 Å². The summed E-state index contributed by atoms with van der Waals surface area (Å²) >= 11 is 0. The van der Waals surface area contributed by atoms with Crippen molar-refractivity contribution in [2.24, 2.45) is 5.92 Å². The molecule has 0 spiro atoms. The molecule has 0 aromatic heterocycles. The summed E-state index contributed by atoms with van der Waals surface area (Å²) in [5.74, 6) is 0.356. The number of amides is 1. The molecule has 3 N–H and O–H groups in total. The Labute approximate surface area is 104 Å². The van der Waals surface area contributed by atoms with E-state index in [1.54, 1.807) is 0 Å². The van der Waals surface area contributed by atoms with Crippen molar-refractivity contribution >= 4 is 5.91 Å². The van der Waals surface area contributed by atoms with Gasteiger partial charge in [0.25, 0.3) is 0 Å². The first-order chi connectivity index (χ1) is 8.13. The van der Waals surface area contributed by atoms with E-state index in [1.165, 1.54) is 6.42 Å². The molecule has 4 heteroatoms. The second-order valence-corrected chi connectivity index (χ2v) is 5.26. The first-order valence-electron chi connectivity index (χ1n) is 6.77. The maximum atomic E-state index is 11.7. The van der Waals surface area contributed by atoms with Crippen LogP contribution in [-0.2, 0) is 4.79 Å². The summed E-state index contributed by atoms with van der Waals surface area (Å²) in [5, 5.41) is 15.5. The highest BCUT2D eigenvalue weighted by atomic mass is 16.3. The molecule has 1 aliphatic carbocycles. The van der Waals surface area contributed by atoms with Gasteiger partial charge < -0.3 is 15.7 Å². The second-order valence-electron chi connectivity index (χ2n) is 5.26. The molecular formula is C13H26N2O2. The summed E-state index contributed by atoms with van der Waals surface area (Å²) in [7, 11) is 0. The molecule has 1 fully saturated rings. The molecular weight excluding hydrogens is 216 g/mol. The van der Waals surface area contributed by atoms with Crippen molar-refractivity contribution < 1.29 is 9.90 Å². The summed E-state index contributed by atoms with van der Waals surface area (Å²) in [6.07, 6.45) is 4.89. The normalized spacial score (nSPS) is 24.9. The fourth-order valence-electron chi connectivity index (χ4n) is 2.37. The lowest BCUT2D eigenvalue weighted by atomic mass is 9.85. The average Bonchev–Trinajstić information content (AvgIpc) is 2.29. The van der Waals surface area contributed by atoms with E-state index in [9.17, 15) is 9.90 Å². The molecule has 1 aliphatic rings. The lowest BCUT2D eigenvalue weighted by molar-refractivity contribution is -0.122. The Balaban J connectivity index is 2.24. The minimum Gasteiger partial charge on any atom is -0.396 e. The fraction of sp³-hybridized carbons (Fsp3) is 0.923. The molecule has 2 unspecified atom stereocenters. The summed E-state index contributed by atoms with van der Waals surface area (Å²) in [4.78, 5) is 11.7. The first kappa shape index (κ1) is 14.5. The van der Waals surface area contributed by atoms with E-state index in [0.717, 1.165) is 25.8 Å². The largest absolute Gasteiger partial charge is 0.396 e. The molecule has 2 atom stereocenters.